The summed E-state index contributed by atoms with van der Waals surface area (Å²) in [7, 11) is 0. The zero-order valence-electron chi connectivity index (χ0n) is 5.11. The fourth-order valence-corrected chi connectivity index (χ4v) is 0.676. The first-order valence-electron chi connectivity index (χ1n) is 2.63. The molecule has 0 aromatic carbocycles. The second kappa shape index (κ2) is 4.87. The van der Waals surface area contributed by atoms with E-state index in [9.17, 15) is 4.21 Å². The summed E-state index contributed by atoms with van der Waals surface area (Å²) in [5.74, 6) is 0. The number of rotatable bonds is 4. The molecule has 0 aliphatic heterocycles. The molecule has 0 saturated carbocycles. The molecule has 2 atom stereocenters. The van der Waals surface area contributed by atoms with Crippen molar-refractivity contribution < 1.29 is 18.1 Å². The molecule has 0 bridgehead atoms. The third kappa shape index (κ3) is 5.91. The minimum Gasteiger partial charge on any atom is -0.367 e. The third-order valence-corrected chi connectivity index (χ3v) is 1.12. The highest BCUT2D eigenvalue weighted by Crippen LogP contribution is 1.98. The van der Waals surface area contributed by atoms with E-state index in [4.69, 9.17) is 9.66 Å². The minimum atomic E-state index is -2.35. The van der Waals surface area contributed by atoms with Gasteiger partial charge in [-0.25, -0.2) is 4.18 Å². The summed E-state index contributed by atoms with van der Waals surface area (Å²) in [6.45, 7) is 1.84. The summed E-state index contributed by atoms with van der Waals surface area (Å²) in [5.41, 5.74) is 0. The van der Waals surface area contributed by atoms with Gasteiger partial charge in [-0.3, -0.25) is 4.55 Å². The topological polar surface area (TPSA) is 66.8 Å². The quantitative estimate of drug-likeness (QED) is 0.450. The van der Waals surface area contributed by atoms with Crippen LogP contribution in [0, 0.1) is 0 Å². The van der Waals surface area contributed by atoms with Crippen molar-refractivity contribution in [1.82, 2.24) is 0 Å². The Morgan fingerprint density at radius 3 is 2.67 bits per heavy atom. The second-order valence-corrected chi connectivity index (χ2v) is 2.18. The van der Waals surface area contributed by atoms with Crippen molar-refractivity contribution in [3.8, 4) is 0 Å². The second-order valence-electron chi connectivity index (χ2n) is 1.56. The first-order valence-corrected chi connectivity index (χ1v) is 3.66. The molecular formula is C4H10O4S. The van der Waals surface area contributed by atoms with Gasteiger partial charge in [-0.05, 0) is 6.42 Å². The smallest absolute Gasteiger partial charge is 0.304 e. The average molecular weight is 154 g/mol. The monoisotopic (exact) mass is 154 g/mol. The van der Waals surface area contributed by atoms with E-state index in [1.807, 2.05) is 6.92 Å². The molecule has 0 fully saturated rings. The number of aliphatic hydroxyl groups is 1. The van der Waals surface area contributed by atoms with Gasteiger partial charge in [-0.15, -0.1) is 0 Å². The van der Waals surface area contributed by atoms with E-state index in [0.717, 1.165) is 6.42 Å². The van der Waals surface area contributed by atoms with Gasteiger partial charge in [0.15, 0.2) is 6.29 Å². The summed E-state index contributed by atoms with van der Waals surface area (Å²) in [4.78, 5) is 0. The SMILES string of the molecule is CCCC(O)OS(=O)O. The Hall–Kier alpha value is 0.0300. The Labute approximate surface area is 56.3 Å². The van der Waals surface area contributed by atoms with Crippen LogP contribution in [0.4, 0.5) is 0 Å². The van der Waals surface area contributed by atoms with E-state index >= 15 is 0 Å². The summed E-state index contributed by atoms with van der Waals surface area (Å²) in [6, 6.07) is 0. The Morgan fingerprint density at radius 1 is 1.78 bits per heavy atom. The van der Waals surface area contributed by atoms with Gasteiger partial charge < -0.3 is 5.11 Å². The van der Waals surface area contributed by atoms with Crippen LogP contribution >= 0.6 is 0 Å². The van der Waals surface area contributed by atoms with E-state index in [1.54, 1.807) is 0 Å². The fourth-order valence-electron chi connectivity index (χ4n) is 0.390. The van der Waals surface area contributed by atoms with Crippen LogP contribution in [-0.2, 0) is 15.5 Å². The molecule has 0 radical (unpaired) electrons. The van der Waals surface area contributed by atoms with Crippen LogP contribution in [0.15, 0.2) is 0 Å². The molecule has 0 spiro atoms. The molecule has 56 valence electrons. The van der Waals surface area contributed by atoms with E-state index in [2.05, 4.69) is 4.18 Å². The first-order chi connectivity index (χ1) is 4.16. The number of aliphatic hydroxyl groups excluding tert-OH is 1. The van der Waals surface area contributed by atoms with Gasteiger partial charge in [-0.2, -0.15) is 4.21 Å². The minimum absolute atomic E-state index is 0.381. The van der Waals surface area contributed by atoms with Gasteiger partial charge >= 0.3 is 11.4 Å². The first kappa shape index (κ1) is 9.03. The molecular weight excluding hydrogens is 144 g/mol. The molecule has 2 unspecified atom stereocenters. The molecule has 0 heterocycles. The van der Waals surface area contributed by atoms with Crippen molar-refractivity contribution in [2.45, 2.75) is 26.1 Å². The highest BCUT2D eigenvalue weighted by atomic mass is 32.2. The molecule has 9 heavy (non-hydrogen) atoms. The van der Waals surface area contributed by atoms with Crippen LogP contribution < -0.4 is 0 Å². The summed E-state index contributed by atoms with van der Waals surface area (Å²) >= 11 is -2.35. The van der Waals surface area contributed by atoms with Gasteiger partial charge in [0, 0.05) is 0 Å². The Balaban J connectivity index is 3.26. The van der Waals surface area contributed by atoms with Gasteiger partial charge in [0.1, 0.15) is 0 Å². The fraction of sp³-hybridized carbons (Fsp3) is 1.00. The van der Waals surface area contributed by atoms with E-state index in [-0.39, 0.29) is 0 Å². The molecule has 0 saturated heterocycles. The predicted molar refractivity (Wildman–Crippen MR) is 32.8 cm³/mol. The van der Waals surface area contributed by atoms with Crippen LogP contribution in [0.1, 0.15) is 19.8 Å². The normalized spacial score (nSPS) is 17.2. The summed E-state index contributed by atoms with van der Waals surface area (Å²) < 4.78 is 21.9. The highest BCUT2D eigenvalue weighted by molar-refractivity contribution is 7.74. The van der Waals surface area contributed by atoms with Crippen LogP contribution in [0.3, 0.4) is 0 Å². The standard InChI is InChI=1S/C4H10O4S/c1-2-3-4(5)8-9(6)7/h4-5H,2-3H2,1H3,(H,6,7). The Morgan fingerprint density at radius 2 is 2.33 bits per heavy atom. The third-order valence-electron chi connectivity index (χ3n) is 0.729. The predicted octanol–water partition coefficient (Wildman–Crippen LogP) is 0.258. The molecule has 2 N–H and O–H groups in total. The number of hydrogen-bond acceptors (Lipinski definition) is 3. The van der Waals surface area contributed by atoms with Crippen molar-refractivity contribution in [1.29, 1.82) is 0 Å². The van der Waals surface area contributed by atoms with Gasteiger partial charge in [0.2, 0.25) is 0 Å². The van der Waals surface area contributed by atoms with Crippen molar-refractivity contribution in [2.24, 2.45) is 0 Å². The lowest BCUT2D eigenvalue weighted by Crippen LogP contribution is -2.12. The van der Waals surface area contributed by atoms with Crippen molar-refractivity contribution in [3.63, 3.8) is 0 Å². The Bertz CT molecular complexity index is 94.6. The van der Waals surface area contributed by atoms with Crippen molar-refractivity contribution >= 4 is 11.4 Å². The molecule has 0 aliphatic rings. The van der Waals surface area contributed by atoms with E-state index in [0.29, 0.717) is 6.42 Å². The molecule has 0 aromatic rings. The van der Waals surface area contributed by atoms with E-state index < -0.39 is 17.7 Å². The van der Waals surface area contributed by atoms with Gasteiger partial charge in [0.05, 0.1) is 0 Å². The zero-order valence-corrected chi connectivity index (χ0v) is 5.93. The van der Waals surface area contributed by atoms with Crippen molar-refractivity contribution in [3.05, 3.63) is 0 Å². The molecule has 0 rings (SSSR count). The summed E-state index contributed by atoms with van der Waals surface area (Å²) in [6.07, 6.45) is -0.00849. The zero-order chi connectivity index (χ0) is 7.28. The van der Waals surface area contributed by atoms with Gasteiger partial charge in [-0.1, -0.05) is 13.3 Å². The average Bonchev–Trinajstić information content (AvgIpc) is 1.63. The molecule has 4 nitrogen and oxygen atoms in total. The van der Waals surface area contributed by atoms with Crippen LogP contribution in [0.2, 0.25) is 0 Å². The molecule has 0 aromatic heterocycles. The van der Waals surface area contributed by atoms with E-state index in [1.165, 1.54) is 0 Å². The van der Waals surface area contributed by atoms with Crippen LogP contribution in [0.5, 0.6) is 0 Å². The molecule has 0 aliphatic carbocycles. The Kier molecular flexibility index (Phi) is 4.88. The molecule has 0 amide bonds. The maximum Gasteiger partial charge on any atom is 0.304 e. The number of hydrogen-bond donors (Lipinski definition) is 2. The maximum atomic E-state index is 9.81. The van der Waals surface area contributed by atoms with Gasteiger partial charge in [0.25, 0.3) is 0 Å². The van der Waals surface area contributed by atoms with Crippen molar-refractivity contribution in [2.75, 3.05) is 0 Å². The summed E-state index contributed by atoms with van der Waals surface area (Å²) in [5, 5.41) is 8.64. The lowest BCUT2D eigenvalue weighted by atomic mass is 10.3. The molecule has 5 heteroatoms. The largest absolute Gasteiger partial charge is 0.367 e. The lowest BCUT2D eigenvalue weighted by molar-refractivity contribution is -0.0190. The van der Waals surface area contributed by atoms with Crippen LogP contribution in [0.25, 0.3) is 0 Å². The maximum absolute atomic E-state index is 9.81. The highest BCUT2D eigenvalue weighted by Gasteiger charge is 2.04. The lowest BCUT2D eigenvalue weighted by Gasteiger charge is -2.04. The van der Waals surface area contributed by atoms with Crippen LogP contribution in [-0.4, -0.2) is 20.2 Å².